The second-order valence-electron chi connectivity index (χ2n) is 4.17. The lowest BCUT2D eigenvalue weighted by Crippen LogP contribution is -2.26. The van der Waals surface area contributed by atoms with Gasteiger partial charge in [-0.2, -0.15) is 13.2 Å². The lowest BCUT2D eigenvalue weighted by Gasteiger charge is -2.10. The Bertz CT molecular complexity index is 534. The molecule has 2 rings (SSSR count). The maximum Gasteiger partial charge on any atom is 0.416 e. The van der Waals surface area contributed by atoms with E-state index in [1.54, 1.807) is 0 Å². The van der Waals surface area contributed by atoms with Crippen LogP contribution in [0.4, 0.5) is 18.9 Å². The summed E-state index contributed by atoms with van der Waals surface area (Å²) in [4.78, 5) is 23.0. The monoisotopic (exact) mass is 304 g/mol. The van der Waals surface area contributed by atoms with Crippen molar-refractivity contribution < 1.29 is 22.8 Å². The van der Waals surface area contributed by atoms with E-state index in [1.165, 1.54) is 23.9 Å². The zero-order chi connectivity index (χ0) is 14.8. The molecule has 1 unspecified atom stereocenters. The maximum atomic E-state index is 12.5. The quantitative estimate of drug-likeness (QED) is 0.900. The molecule has 1 saturated heterocycles. The van der Waals surface area contributed by atoms with Gasteiger partial charge in [0.25, 0.3) is 0 Å². The first kappa shape index (κ1) is 14.7. The predicted octanol–water partition coefficient (Wildman–Crippen LogP) is 2.22. The van der Waals surface area contributed by atoms with Gasteiger partial charge in [-0.25, -0.2) is 0 Å². The third-order valence-electron chi connectivity index (χ3n) is 2.67. The average molecular weight is 304 g/mol. The maximum absolute atomic E-state index is 12.5. The Morgan fingerprint density at radius 2 is 2.20 bits per heavy atom. The van der Waals surface area contributed by atoms with E-state index in [1.807, 2.05) is 0 Å². The zero-order valence-corrected chi connectivity index (χ0v) is 11.0. The Kier molecular flexibility index (Phi) is 4.22. The highest BCUT2D eigenvalue weighted by Crippen LogP contribution is 2.30. The van der Waals surface area contributed by atoms with Gasteiger partial charge in [-0.1, -0.05) is 6.07 Å². The first-order chi connectivity index (χ1) is 9.36. The van der Waals surface area contributed by atoms with Crippen molar-refractivity contribution in [2.75, 3.05) is 11.2 Å². The SMILES string of the molecule is O=C(CC1SCNC1=O)Nc1cccc(C(F)(F)F)c1. The van der Waals surface area contributed by atoms with Crippen molar-refractivity contribution in [2.24, 2.45) is 0 Å². The summed E-state index contributed by atoms with van der Waals surface area (Å²) < 4.78 is 37.5. The molecule has 20 heavy (non-hydrogen) atoms. The van der Waals surface area contributed by atoms with Gasteiger partial charge in [0.2, 0.25) is 11.8 Å². The fourth-order valence-electron chi connectivity index (χ4n) is 1.71. The topological polar surface area (TPSA) is 58.2 Å². The van der Waals surface area contributed by atoms with Gasteiger partial charge in [-0.05, 0) is 18.2 Å². The number of nitrogens with one attached hydrogen (secondary N) is 2. The van der Waals surface area contributed by atoms with Gasteiger partial charge in [0.05, 0.1) is 16.7 Å². The van der Waals surface area contributed by atoms with E-state index >= 15 is 0 Å². The third kappa shape index (κ3) is 3.66. The number of carbonyl (C=O) groups excluding carboxylic acids is 2. The number of benzene rings is 1. The summed E-state index contributed by atoms with van der Waals surface area (Å²) >= 11 is 1.30. The van der Waals surface area contributed by atoms with Crippen molar-refractivity contribution in [1.29, 1.82) is 0 Å². The average Bonchev–Trinajstić information content (AvgIpc) is 2.74. The van der Waals surface area contributed by atoms with E-state index in [0.29, 0.717) is 5.88 Å². The Morgan fingerprint density at radius 1 is 1.45 bits per heavy atom. The first-order valence-electron chi connectivity index (χ1n) is 5.72. The van der Waals surface area contributed by atoms with Crippen LogP contribution < -0.4 is 10.6 Å². The number of thioether (sulfide) groups is 1. The molecule has 1 aliphatic rings. The van der Waals surface area contributed by atoms with Crippen LogP contribution in [0.3, 0.4) is 0 Å². The number of rotatable bonds is 3. The first-order valence-corrected chi connectivity index (χ1v) is 6.77. The van der Waals surface area contributed by atoms with Gasteiger partial charge in [0.1, 0.15) is 0 Å². The lowest BCUT2D eigenvalue weighted by atomic mass is 10.2. The molecule has 1 heterocycles. The summed E-state index contributed by atoms with van der Waals surface area (Å²) in [6, 6.07) is 4.38. The van der Waals surface area contributed by atoms with Gasteiger partial charge >= 0.3 is 6.18 Å². The normalized spacial score (nSPS) is 18.8. The molecule has 0 spiro atoms. The second kappa shape index (κ2) is 5.74. The Morgan fingerprint density at radius 3 is 2.80 bits per heavy atom. The standard InChI is InChI=1S/C12H11F3N2O2S/c13-12(14,15)7-2-1-3-8(4-7)17-10(18)5-9-11(19)16-6-20-9/h1-4,9H,5-6H2,(H,16,19)(H,17,18). The van der Waals surface area contributed by atoms with Crippen molar-refractivity contribution in [3.05, 3.63) is 29.8 Å². The van der Waals surface area contributed by atoms with E-state index in [2.05, 4.69) is 10.6 Å². The van der Waals surface area contributed by atoms with E-state index in [4.69, 9.17) is 0 Å². The zero-order valence-electron chi connectivity index (χ0n) is 10.2. The molecule has 0 saturated carbocycles. The minimum atomic E-state index is -4.46. The number of anilines is 1. The molecule has 1 atom stereocenters. The number of carbonyl (C=O) groups is 2. The van der Waals surface area contributed by atoms with E-state index in [9.17, 15) is 22.8 Å². The molecule has 0 aromatic heterocycles. The molecule has 0 radical (unpaired) electrons. The molecule has 0 aliphatic carbocycles. The van der Waals surface area contributed by atoms with Gasteiger partial charge in [-0.3, -0.25) is 9.59 Å². The van der Waals surface area contributed by atoms with Crippen LogP contribution in [0.25, 0.3) is 0 Å². The van der Waals surface area contributed by atoms with Crippen LogP contribution in [0.2, 0.25) is 0 Å². The molecule has 2 amide bonds. The van der Waals surface area contributed by atoms with Gasteiger partial charge in [0.15, 0.2) is 0 Å². The van der Waals surface area contributed by atoms with Crippen molar-refractivity contribution in [3.8, 4) is 0 Å². The van der Waals surface area contributed by atoms with Crippen molar-refractivity contribution in [2.45, 2.75) is 17.8 Å². The molecule has 108 valence electrons. The fourth-order valence-corrected chi connectivity index (χ4v) is 2.64. The Hall–Kier alpha value is -1.70. The molecular formula is C12H11F3N2O2S. The molecule has 8 heteroatoms. The number of alkyl halides is 3. The molecule has 0 bridgehead atoms. The number of hydrogen-bond acceptors (Lipinski definition) is 3. The number of halogens is 3. The summed E-state index contributed by atoms with van der Waals surface area (Å²) in [5, 5.41) is 4.45. The van der Waals surface area contributed by atoms with Crippen LogP contribution in [0.5, 0.6) is 0 Å². The highest BCUT2D eigenvalue weighted by molar-refractivity contribution is 8.01. The van der Waals surface area contributed by atoms with Crippen LogP contribution in [-0.4, -0.2) is 22.9 Å². The molecule has 1 aromatic rings. The summed E-state index contributed by atoms with van der Waals surface area (Å²) in [5.41, 5.74) is -0.767. The Balaban J connectivity index is 1.99. The fraction of sp³-hybridized carbons (Fsp3) is 0.333. The number of amides is 2. The molecule has 1 aromatic carbocycles. The molecule has 1 aliphatic heterocycles. The summed E-state index contributed by atoms with van der Waals surface area (Å²) in [7, 11) is 0. The van der Waals surface area contributed by atoms with Gasteiger partial charge in [-0.15, -0.1) is 11.8 Å². The minimum Gasteiger partial charge on any atom is -0.346 e. The summed E-state index contributed by atoms with van der Waals surface area (Å²) in [5.74, 6) is -0.270. The Labute approximate surface area is 117 Å². The summed E-state index contributed by atoms with van der Waals surface area (Å²) in [6.07, 6.45) is -4.52. The minimum absolute atomic E-state index is 0.0628. The van der Waals surface area contributed by atoms with E-state index in [-0.39, 0.29) is 18.0 Å². The molecule has 4 nitrogen and oxygen atoms in total. The summed E-state index contributed by atoms with van der Waals surface area (Å²) in [6.45, 7) is 0. The molecule has 2 N–H and O–H groups in total. The largest absolute Gasteiger partial charge is 0.416 e. The predicted molar refractivity (Wildman–Crippen MR) is 69.1 cm³/mol. The number of hydrogen-bond donors (Lipinski definition) is 2. The smallest absolute Gasteiger partial charge is 0.346 e. The van der Waals surface area contributed by atoms with Crippen LogP contribution in [-0.2, 0) is 15.8 Å². The van der Waals surface area contributed by atoms with Crippen LogP contribution in [0.1, 0.15) is 12.0 Å². The highest BCUT2D eigenvalue weighted by Gasteiger charge is 2.31. The second-order valence-corrected chi connectivity index (χ2v) is 5.36. The van der Waals surface area contributed by atoms with Crippen molar-refractivity contribution >= 4 is 29.3 Å². The van der Waals surface area contributed by atoms with Crippen LogP contribution >= 0.6 is 11.8 Å². The highest BCUT2D eigenvalue weighted by atomic mass is 32.2. The van der Waals surface area contributed by atoms with Gasteiger partial charge < -0.3 is 10.6 Å². The lowest BCUT2D eigenvalue weighted by molar-refractivity contribution is -0.137. The van der Waals surface area contributed by atoms with Crippen molar-refractivity contribution in [3.63, 3.8) is 0 Å². The van der Waals surface area contributed by atoms with Crippen molar-refractivity contribution in [1.82, 2.24) is 5.32 Å². The van der Waals surface area contributed by atoms with Gasteiger partial charge in [0, 0.05) is 12.1 Å². The van der Waals surface area contributed by atoms with Crippen LogP contribution in [0, 0.1) is 0 Å². The molecule has 1 fully saturated rings. The van der Waals surface area contributed by atoms with E-state index < -0.39 is 22.9 Å². The third-order valence-corrected chi connectivity index (χ3v) is 3.76. The van der Waals surface area contributed by atoms with Crippen LogP contribution in [0.15, 0.2) is 24.3 Å². The van der Waals surface area contributed by atoms with E-state index in [0.717, 1.165) is 12.1 Å². The molecular weight excluding hydrogens is 293 g/mol.